The molecule has 6 amide bonds. The normalized spacial score (nSPS) is 22.6. The lowest BCUT2D eigenvalue weighted by Gasteiger charge is -2.34. The number of carbonyl (C=O) groups is 8. The molecule has 5 heterocycles. The highest BCUT2D eigenvalue weighted by atomic mass is 31.2. The fourth-order valence-electron chi connectivity index (χ4n) is 7.14. The molecule has 5 aliphatic heterocycles. The van der Waals surface area contributed by atoms with E-state index in [2.05, 4.69) is 40.2 Å². The number of ether oxygens (including phenoxy) is 1. The number of nitrogens with zero attached hydrogens (tertiary/aromatic N) is 7. The van der Waals surface area contributed by atoms with Crippen molar-refractivity contribution in [2.45, 2.75) is 131 Å². The van der Waals surface area contributed by atoms with E-state index in [1.54, 1.807) is 33.8 Å². The number of carbonyl (C=O) groups excluding carboxylic acids is 8. The Morgan fingerprint density at radius 3 is 1.18 bits per heavy atom. The first-order valence-corrected chi connectivity index (χ1v) is 26.3. The van der Waals surface area contributed by atoms with Gasteiger partial charge in [-0.3, -0.25) is 52.4 Å². The van der Waals surface area contributed by atoms with Gasteiger partial charge in [-0.2, -0.15) is 19.5 Å². The molecule has 5 aliphatic rings. The molecule has 0 aromatic heterocycles. The molecule has 0 aromatic carbocycles. The van der Waals surface area contributed by atoms with E-state index < -0.39 is 85.3 Å². The maximum Gasteiger partial charge on any atom is 0.560 e. The molecular formula is C42H69N7O21P2. The van der Waals surface area contributed by atoms with Gasteiger partial charge in [0.1, 0.15) is 6.61 Å². The Morgan fingerprint density at radius 1 is 0.639 bits per heavy atom. The van der Waals surface area contributed by atoms with Crippen LogP contribution in [0.4, 0.5) is 9.59 Å². The van der Waals surface area contributed by atoms with Crippen molar-refractivity contribution < 1.29 is 99.4 Å². The summed E-state index contributed by atoms with van der Waals surface area (Å²) in [6.07, 6.45) is 0.110. The zero-order valence-electron chi connectivity index (χ0n) is 42.5. The second-order valence-electron chi connectivity index (χ2n) is 15.6. The van der Waals surface area contributed by atoms with Gasteiger partial charge >= 0.3 is 27.5 Å². The highest BCUT2D eigenvalue weighted by Crippen LogP contribution is 2.65. The van der Waals surface area contributed by atoms with E-state index in [1.807, 2.05) is 0 Å². The first-order valence-electron chi connectivity index (χ1n) is 23.2. The van der Waals surface area contributed by atoms with Gasteiger partial charge in [-0.25, -0.2) is 4.79 Å². The van der Waals surface area contributed by atoms with Crippen molar-refractivity contribution in [3.8, 4) is 6.07 Å². The number of amides is 6. The minimum atomic E-state index is -3.87. The predicted molar refractivity (Wildman–Crippen MR) is 249 cm³/mol. The Labute approximate surface area is 418 Å². The van der Waals surface area contributed by atoms with Crippen LogP contribution >= 0.6 is 15.2 Å². The molecule has 0 radical (unpaired) electrons. The van der Waals surface area contributed by atoms with Gasteiger partial charge in [-0.1, -0.05) is 36.0 Å². The van der Waals surface area contributed by atoms with E-state index >= 15 is 0 Å². The standard InChI is InChI=1S/C15H23N2O9P.C10H20NO5P.C9H8N2O7.C6H15N.C2H3N/c1-4-24-27(22,25-5-2)15(3)11(8-9-16(15)21)10-23-14(20)26-17-12(18)6-7-13(17)19;1-4-15-17(14,16-5-2)10(3)9(8-12)6-7-11(10)13;12-5-1-2-6(13)10(5)17-9(16)18-11-7(14)3-4-8(11)15;1-4-7(5-2)6-3;1-2-3/h9,11H,4-8,10H2,1-3H3;7,9,12H,4-6,8H2,1-3H3;1-4H2;4-6H2,1-3H3;1H3/t11-,15+;9-,10+;;;/m00.../s1. The van der Waals surface area contributed by atoms with Crippen LogP contribution in [0.25, 0.3) is 0 Å². The number of hydrogen-bond acceptors (Lipinski definition) is 23. The molecule has 28 nitrogen and oxygen atoms in total. The molecule has 3 saturated heterocycles. The van der Waals surface area contributed by atoms with Crippen LogP contribution in [0, 0.1) is 33.6 Å². The van der Waals surface area contributed by atoms with E-state index in [-0.39, 0.29) is 94.7 Å². The number of imide groups is 3. The summed E-state index contributed by atoms with van der Waals surface area (Å²) in [4.78, 5) is 106. The topological polar surface area (TPSA) is 354 Å². The Hall–Kier alpha value is -5.39. The average Bonchev–Trinajstić information content (AvgIpc) is 4.11. The van der Waals surface area contributed by atoms with Crippen LogP contribution in [0.3, 0.4) is 0 Å². The quantitative estimate of drug-likeness (QED) is 0.0612. The summed E-state index contributed by atoms with van der Waals surface area (Å²) < 4.78 is 53.0. The molecule has 0 bridgehead atoms. The molecule has 72 heavy (non-hydrogen) atoms. The van der Waals surface area contributed by atoms with Crippen LogP contribution in [0.1, 0.15) is 121 Å². The van der Waals surface area contributed by atoms with Gasteiger partial charge in [0.25, 0.3) is 46.0 Å². The maximum absolute atomic E-state index is 13.2. The maximum atomic E-state index is 13.2. The molecule has 0 aliphatic carbocycles. The van der Waals surface area contributed by atoms with E-state index in [1.165, 1.54) is 52.8 Å². The summed E-state index contributed by atoms with van der Waals surface area (Å²) in [5, 5.41) is 38.8. The SMILES string of the molecule is CC#N.CCN(CC)CC.CCOP(=O)(OCC)[C@]1(C)[C@H](CO)CC=[N+]1[O-].CCOP(=O)(OCC)[C@]1(C)[C@H](COC(=O)ON2C(=O)CCC2=O)CC=[N+]1[O-].O=C(ON1C(=O)CCC1=O)ON1C(=O)CCC1=O. The van der Waals surface area contributed by atoms with Crippen molar-refractivity contribution >= 4 is 75.4 Å². The van der Waals surface area contributed by atoms with Crippen LogP contribution in [-0.4, -0.2) is 165 Å². The van der Waals surface area contributed by atoms with Crippen LogP contribution in [0.2, 0.25) is 0 Å². The molecule has 0 spiro atoms. The number of rotatable bonds is 19. The fraction of sp³-hybridized carbons (Fsp3) is 0.738. The van der Waals surface area contributed by atoms with Crippen molar-refractivity contribution in [3.63, 3.8) is 0 Å². The van der Waals surface area contributed by atoms with Crippen LogP contribution in [-0.2, 0) is 75.2 Å². The van der Waals surface area contributed by atoms with Crippen molar-refractivity contribution in [3.05, 3.63) is 10.4 Å². The van der Waals surface area contributed by atoms with Crippen LogP contribution < -0.4 is 0 Å². The number of hydrogen-bond donors (Lipinski definition) is 1. The van der Waals surface area contributed by atoms with E-state index in [9.17, 15) is 63.0 Å². The van der Waals surface area contributed by atoms with Gasteiger partial charge in [-0.15, -0.1) is 0 Å². The third kappa shape index (κ3) is 16.3. The number of aliphatic hydroxyl groups is 1. The van der Waals surface area contributed by atoms with Gasteiger partial charge in [0, 0.05) is 72.1 Å². The number of nitriles is 1. The molecule has 0 unspecified atom stereocenters. The summed E-state index contributed by atoms with van der Waals surface area (Å²) in [5.74, 6) is -5.17. The van der Waals surface area contributed by atoms with Crippen molar-refractivity contribution in [2.75, 3.05) is 59.3 Å². The zero-order chi connectivity index (χ0) is 55.0. The van der Waals surface area contributed by atoms with Crippen LogP contribution in [0.15, 0.2) is 0 Å². The first kappa shape index (κ1) is 64.6. The largest absolute Gasteiger partial charge is 0.623 e. The lowest BCUT2D eigenvalue weighted by Crippen LogP contribution is -2.43. The Bertz CT molecular complexity index is 2000. The summed E-state index contributed by atoms with van der Waals surface area (Å²) in [5.41, 5.74) is 0. The molecule has 1 N–H and O–H groups in total. The average molecular weight is 1070 g/mol. The molecule has 0 aromatic rings. The first-order chi connectivity index (χ1) is 33.9. The third-order valence-corrected chi connectivity index (χ3v) is 17.1. The molecule has 5 rings (SSSR count). The highest BCUT2D eigenvalue weighted by Gasteiger charge is 2.64. The molecule has 30 heteroatoms. The Balaban J connectivity index is 0.000000506. The molecular weight excluding hydrogens is 1000 g/mol. The molecule has 0 saturated carbocycles. The van der Waals surface area contributed by atoms with E-state index in [0.717, 1.165) is 0 Å². The smallest absolute Gasteiger partial charge is 0.560 e. The van der Waals surface area contributed by atoms with Gasteiger partial charge in [0.05, 0.1) is 50.9 Å². The lowest BCUT2D eigenvalue weighted by molar-refractivity contribution is -0.515. The minimum absolute atomic E-state index is 0.0429. The zero-order valence-corrected chi connectivity index (χ0v) is 44.3. The predicted octanol–water partition coefficient (Wildman–Crippen LogP) is 4.49. The number of hydroxylamine groups is 8. The van der Waals surface area contributed by atoms with Gasteiger partial charge in [0.15, 0.2) is 12.4 Å². The second-order valence-corrected chi connectivity index (χ2v) is 20.4. The Morgan fingerprint density at radius 2 is 0.917 bits per heavy atom. The number of aliphatic hydroxyl groups excluding tert-OH is 1. The van der Waals surface area contributed by atoms with Crippen molar-refractivity contribution in [1.29, 1.82) is 5.26 Å². The fourth-order valence-corrected chi connectivity index (χ4v) is 11.6. The van der Waals surface area contributed by atoms with Gasteiger partial charge in [0.2, 0.25) is 0 Å². The van der Waals surface area contributed by atoms with E-state index in [4.69, 9.17) is 28.1 Å². The Kier molecular flexibility index (Phi) is 27.5. The van der Waals surface area contributed by atoms with Crippen molar-refractivity contribution in [1.82, 2.24) is 20.1 Å². The second kappa shape index (κ2) is 30.6. The van der Waals surface area contributed by atoms with Gasteiger partial charge < -0.3 is 43.3 Å². The van der Waals surface area contributed by atoms with Gasteiger partial charge in [-0.05, 0) is 47.3 Å². The third-order valence-electron chi connectivity index (χ3n) is 11.3. The minimum Gasteiger partial charge on any atom is -0.623 e. The summed E-state index contributed by atoms with van der Waals surface area (Å²) in [7, 11) is -7.45. The van der Waals surface area contributed by atoms with Crippen molar-refractivity contribution in [2.24, 2.45) is 11.8 Å². The lowest BCUT2D eigenvalue weighted by atomic mass is 10.0. The van der Waals surface area contributed by atoms with Crippen LogP contribution in [0.5, 0.6) is 0 Å². The molecule has 3 fully saturated rings. The summed E-state index contributed by atoms with van der Waals surface area (Å²) in [6, 6.07) is 1.75. The monoisotopic (exact) mass is 1070 g/mol. The highest BCUT2D eigenvalue weighted by molar-refractivity contribution is 7.55. The van der Waals surface area contributed by atoms with E-state index in [0.29, 0.717) is 21.0 Å². The molecule has 4 atom stereocenters. The summed E-state index contributed by atoms with van der Waals surface area (Å²) in [6.45, 7) is 21.1. The molecule has 408 valence electrons. The summed E-state index contributed by atoms with van der Waals surface area (Å²) >= 11 is 0.